The highest BCUT2D eigenvalue weighted by atomic mass is 16.5. The number of hydrogen-bond donors (Lipinski definition) is 0. The van der Waals surface area contributed by atoms with Crippen LogP contribution in [0.5, 0.6) is 5.75 Å². The van der Waals surface area contributed by atoms with E-state index < -0.39 is 24.0 Å². The summed E-state index contributed by atoms with van der Waals surface area (Å²) in [6.07, 6.45) is 1.88. The molecule has 186 valence electrons. The summed E-state index contributed by atoms with van der Waals surface area (Å²) in [6.45, 7) is 4.11. The highest BCUT2D eigenvalue weighted by Gasteiger charge is 2.37. The molecular weight excluding hydrogens is 450 g/mol. The van der Waals surface area contributed by atoms with Gasteiger partial charge in [-0.3, -0.25) is 14.4 Å². The molecule has 35 heavy (non-hydrogen) atoms. The number of ketones is 1. The number of amides is 1. The van der Waals surface area contributed by atoms with E-state index in [1.54, 1.807) is 48.5 Å². The van der Waals surface area contributed by atoms with E-state index in [0.29, 0.717) is 29.2 Å². The largest absolute Gasteiger partial charge is 0.497 e. The number of hydrogen-bond acceptors (Lipinski definition) is 7. The Labute approximate surface area is 205 Å². The van der Waals surface area contributed by atoms with Crippen LogP contribution in [-0.4, -0.2) is 50.0 Å². The van der Waals surface area contributed by atoms with E-state index in [0.717, 1.165) is 19.3 Å². The summed E-state index contributed by atoms with van der Waals surface area (Å²) < 4.78 is 15.7. The van der Waals surface area contributed by atoms with E-state index in [1.165, 1.54) is 18.9 Å². The molecule has 1 aliphatic heterocycles. The first-order valence-corrected chi connectivity index (χ1v) is 11.8. The summed E-state index contributed by atoms with van der Waals surface area (Å²) in [6, 6.07) is 13.1. The lowest BCUT2D eigenvalue weighted by Crippen LogP contribution is -2.30. The van der Waals surface area contributed by atoms with Crippen LogP contribution in [0.1, 0.15) is 60.2 Å². The number of ether oxygens (including phenoxy) is 3. The quantitative estimate of drug-likeness (QED) is 0.269. The predicted octanol–water partition coefficient (Wildman–Crippen LogP) is 4.21. The Balaban J connectivity index is 1.55. The Morgan fingerprint density at radius 2 is 1.66 bits per heavy atom. The molecule has 1 aliphatic rings. The second-order valence-electron chi connectivity index (χ2n) is 8.47. The second-order valence-corrected chi connectivity index (χ2v) is 8.47. The Morgan fingerprint density at radius 1 is 1.00 bits per heavy atom. The SMILES string of the molecule is CCCCCOC(=O)c1ccc(N2C[C@@H](C(=O)O[C@H](C)C(=O)c3ccc(OC)cc3)CC2=O)cc1. The summed E-state index contributed by atoms with van der Waals surface area (Å²) in [4.78, 5) is 51.5. The third-order valence-electron chi connectivity index (χ3n) is 5.89. The molecular formula is C27H31NO7. The monoisotopic (exact) mass is 481 g/mol. The summed E-state index contributed by atoms with van der Waals surface area (Å²) in [7, 11) is 1.53. The van der Waals surface area contributed by atoms with Crippen LogP contribution in [0.4, 0.5) is 5.69 Å². The van der Waals surface area contributed by atoms with Crippen molar-refractivity contribution in [3.05, 3.63) is 59.7 Å². The summed E-state index contributed by atoms with van der Waals surface area (Å²) >= 11 is 0. The number of methoxy groups -OCH3 is 1. The first-order chi connectivity index (χ1) is 16.8. The van der Waals surface area contributed by atoms with Gasteiger partial charge in [-0.25, -0.2) is 4.79 Å². The van der Waals surface area contributed by atoms with E-state index in [-0.39, 0.29) is 24.7 Å². The lowest BCUT2D eigenvalue weighted by molar-refractivity contribution is -0.151. The number of anilines is 1. The Hall–Kier alpha value is -3.68. The zero-order chi connectivity index (χ0) is 25.4. The molecule has 8 nitrogen and oxygen atoms in total. The number of Topliss-reactive ketones (excluding diaryl/α,β-unsaturated/α-hetero) is 1. The average molecular weight is 482 g/mol. The van der Waals surface area contributed by atoms with Crippen LogP contribution in [0.2, 0.25) is 0 Å². The van der Waals surface area contributed by atoms with Crippen molar-refractivity contribution in [1.29, 1.82) is 0 Å². The molecule has 8 heteroatoms. The van der Waals surface area contributed by atoms with Crippen molar-refractivity contribution in [3.8, 4) is 5.75 Å². The number of carbonyl (C=O) groups is 4. The van der Waals surface area contributed by atoms with E-state index in [2.05, 4.69) is 6.92 Å². The standard InChI is InChI=1S/C27H31NO7/c1-4-5-6-15-34-26(31)20-7-11-22(12-8-20)28-17-21(16-24(28)29)27(32)35-18(2)25(30)19-9-13-23(33-3)14-10-19/h7-14,18,21H,4-6,15-17H2,1-3H3/t18-,21+/m1/s1. The van der Waals surface area contributed by atoms with E-state index in [9.17, 15) is 19.2 Å². The molecule has 1 saturated heterocycles. The van der Waals surface area contributed by atoms with Gasteiger partial charge in [-0.2, -0.15) is 0 Å². The molecule has 0 unspecified atom stereocenters. The minimum atomic E-state index is -0.984. The van der Waals surface area contributed by atoms with Crippen LogP contribution in [0, 0.1) is 5.92 Å². The first-order valence-electron chi connectivity index (χ1n) is 11.8. The van der Waals surface area contributed by atoms with Crippen molar-refractivity contribution in [3.63, 3.8) is 0 Å². The Kier molecular flexibility index (Phi) is 9.00. The number of esters is 2. The maximum absolute atomic E-state index is 12.7. The molecule has 0 saturated carbocycles. The third-order valence-corrected chi connectivity index (χ3v) is 5.89. The lowest BCUT2D eigenvalue weighted by Gasteiger charge is -2.18. The van der Waals surface area contributed by atoms with E-state index in [1.807, 2.05) is 0 Å². The van der Waals surface area contributed by atoms with Gasteiger partial charge in [-0.05, 0) is 61.9 Å². The van der Waals surface area contributed by atoms with Gasteiger partial charge in [0.15, 0.2) is 6.10 Å². The van der Waals surface area contributed by atoms with Crippen LogP contribution >= 0.6 is 0 Å². The van der Waals surface area contributed by atoms with Gasteiger partial charge >= 0.3 is 11.9 Å². The topological polar surface area (TPSA) is 99.2 Å². The lowest BCUT2D eigenvalue weighted by atomic mass is 10.1. The predicted molar refractivity (Wildman–Crippen MR) is 130 cm³/mol. The summed E-state index contributed by atoms with van der Waals surface area (Å²) in [5.74, 6) is -1.63. The van der Waals surface area contributed by atoms with Gasteiger partial charge in [0.1, 0.15) is 5.75 Å². The average Bonchev–Trinajstić information content (AvgIpc) is 3.27. The molecule has 3 rings (SSSR count). The number of unbranched alkanes of at least 4 members (excludes halogenated alkanes) is 2. The van der Waals surface area contributed by atoms with E-state index in [4.69, 9.17) is 14.2 Å². The van der Waals surface area contributed by atoms with Crippen LogP contribution < -0.4 is 9.64 Å². The zero-order valence-electron chi connectivity index (χ0n) is 20.3. The van der Waals surface area contributed by atoms with Crippen LogP contribution in [-0.2, 0) is 19.1 Å². The molecule has 1 heterocycles. The fraction of sp³-hybridized carbons (Fsp3) is 0.407. The molecule has 0 bridgehead atoms. The van der Waals surface area contributed by atoms with Crippen molar-refractivity contribution in [2.24, 2.45) is 5.92 Å². The number of nitrogens with zero attached hydrogens (tertiary/aromatic N) is 1. The van der Waals surface area contributed by atoms with Gasteiger partial charge in [0, 0.05) is 24.2 Å². The second kappa shape index (κ2) is 12.1. The van der Waals surface area contributed by atoms with E-state index >= 15 is 0 Å². The molecule has 0 N–H and O–H groups in total. The molecule has 0 aliphatic carbocycles. The molecule has 1 fully saturated rings. The number of carbonyl (C=O) groups excluding carboxylic acids is 4. The van der Waals surface area contributed by atoms with Crippen LogP contribution in [0.25, 0.3) is 0 Å². The normalized spacial score (nSPS) is 16.0. The minimum absolute atomic E-state index is 0.0104. The van der Waals surface area contributed by atoms with Gasteiger partial charge in [-0.15, -0.1) is 0 Å². The smallest absolute Gasteiger partial charge is 0.338 e. The molecule has 2 aromatic rings. The number of benzene rings is 2. The van der Waals surface area contributed by atoms with Crippen molar-refractivity contribution in [2.75, 3.05) is 25.2 Å². The van der Waals surface area contributed by atoms with Crippen molar-refractivity contribution >= 4 is 29.3 Å². The first kappa shape index (κ1) is 25.9. The molecule has 0 radical (unpaired) electrons. The van der Waals surface area contributed by atoms with Crippen LogP contribution in [0.15, 0.2) is 48.5 Å². The fourth-order valence-electron chi connectivity index (χ4n) is 3.81. The fourth-order valence-corrected chi connectivity index (χ4v) is 3.81. The van der Waals surface area contributed by atoms with Gasteiger partial charge in [-0.1, -0.05) is 19.8 Å². The van der Waals surface area contributed by atoms with Gasteiger partial charge < -0.3 is 19.1 Å². The molecule has 1 amide bonds. The van der Waals surface area contributed by atoms with Crippen molar-refractivity contribution in [1.82, 2.24) is 0 Å². The van der Waals surface area contributed by atoms with Gasteiger partial charge in [0.25, 0.3) is 0 Å². The molecule has 2 atom stereocenters. The third kappa shape index (κ3) is 6.68. The van der Waals surface area contributed by atoms with Crippen molar-refractivity contribution in [2.45, 2.75) is 45.6 Å². The maximum atomic E-state index is 12.7. The van der Waals surface area contributed by atoms with Crippen molar-refractivity contribution < 1.29 is 33.4 Å². The summed E-state index contributed by atoms with van der Waals surface area (Å²) in [5.41, 5.74) is 1.38. The van der Waals surface area contributed by atoms with Gasteiger partial charge in [0.2, 0.25) is 11.7 Å². The summed E-state index contributed by atoms with van der Waals surface area (Å²) in [5, 5.41) is 0. The maximum Gasteiger partial charge on any atom is 0.338 e. The van der Waals surface area contributed by atoms with Crippen LogP contribution in [0.3, 0.4) is 0 Å². The minimum Gasteiger partial charge on any atom is -0.497 e. The molecule has 2 aromatic carbocycles. The zero-order valence-corrected chi connectivity index (χ0v) is 20.3. The Bertz CT molecular complexity index is 1050. The Morgan fingerprint density at radius 3 is 2.29 bits per heavy atom. The number of rotatable bonds is 11. The molecule has 0 spiro atoms. The van der Waals surface area contributed by atoms with Gasteiger partial charge in [0.05, 0.1) is 25.2 Å². The highest BCUT2D eigenvalue weighted by molar-refractivity contribution is 6.02. The highest BCUT2D eigenvalue weighted by Crippen LogP contribution is 2.27. The molecule has 0 aromatic heterocycles.